The van der Waals surface area contributed by atoms with E-state index in [4.69, 9.17) is 0 Å². The molecule has 0 bridgehead atoms. The van der Waals surface area contributed by atoms with Crippen LogP contribution in [-0.2, 0) is 5.54 Å². The first-order chi connectivity index (χ1) is 12.8. The van der Waals surface area contributed by atoms with Crippen LogP contribution in [0.3, 0.4) is 0 Å². The summed E-state index contributed by atoms with van der Waals surface area (Å²) in [7, 11) is 0. The molecule has 0 amide bonds. The lowest BCUT2D eigenvalue weighted by molar-refractivity contribution is -0.707. The van der Waals surface area contributed by atoms with E-state index >= 15 is 0 Å². The summed E-state index contributed by atoms with van der Waals surface area (Å²) < 4.78 is 5.07. The molecule has 0 aliphatic carbocycles. The first-order valence-electron chi connectivity index (χ1n) is 9.83. The van der Waals surface area contributed by atoms with Crippen LogP contribution in [0.5, 0.6) is 0 Å². The van der Waals surface area contributed by atoms with Crippen molar-refractivity contribution >= 4 is 16.4 Å². The van der Waals surface area contributed by atoms with Gasteiger partial charge in [0.25, 0.3) is 5.65 Å². The molecule has 5 rings (SSSR count). The standard InChI is InChI=1S/C25H27N2/c1-14-15(2)17(4)26-18(5)23-21-13-12-19-10-8-9-11-20(19)22(21)25(6,7)27(23)24(26)16(14)3/h8-13H,1-7H3/q+1. The molecule has 2 aromatic heterocycles. The highest BCUT2D eigenvalue weighted by molar-refractivity contribution is 5.93. The van der Waals surface area contributed by atoms with E-state index in [0.717, 1.165) is 0 Å². The summed E-state index contributed by atoms with van der Waals surface area (Å²) in [6.07, 6.45) is 0. The summed E-state index contributed by atoms with van der Waals surface area (Å²) in [5.41, 5.74) is 12.3. The Hall–Kier alpha value is -2.61. The molecule has 0 unspecified atom stereocenters. The molecule has 0 spiro atoms. The smallest absolute Gasteiger partial charge is 0.213 e. The molecule has 0 saturated heterocycles. The number of imidazole rings is 1. The van der Waals surface area contributed by atoms with E-state index in [1.165, 1.54) is 61.3 Å². The summed E-state index contributed by atoms with van der Waals surface area (Å²) in [5, 5.41) is 2.70. The molecule has 0 radical (unpaired) electrons. The Kier molecular flexibility index (Phi) is 3.07. The Morgan fingerprint density at radius 1 is 0.778 bits per heavy atom. The zero-order valence-corrected chi connectivity index (χ0v) is 17.4. The summed E-state index contributed by atoms with van der Waals surface area (Å²) in [6, 6.07) is 13.4. The van der Waals surface area contributed by atoms with E-state index in [-0.39, 0.29) is 5.54 Å². The number of aryl methyl sites for hydroxylation is 3. The number of pyridine rings is 1. The molecule has 3 heterocycles. The van der Waals surface area contributed by atoms with Crippen LogP contribution < -0.4 is 4.57 Å². The molecule has 2 nitrogen and oxygen atoms in total. The average molecular weight is 356 g/mol. The van der Waals surface area contributed by atoms with E-state index in [1.807, 2.05) is 0 Å². The molecule has 136 valence electrons. The van der Waals surface area contributed by atoms with E-state index in [1.54, 1.807) is 0 Å². The molecule has 0 atom stereocenters. The van der Waals surface area contributed by atoms with Crippen molar-refractivity contribution in [3.63, 3.8) is 0 Å². The Balaban J connectivity index is 2.05. The van der Waals surface area contributed by atoms with Gasteiger partial charge in [0.1, 0.15) is 11.2 Å². The number of nitrogens with zero attached hydrogens (tertiary/aromatic N) is 2. The Bertz CT molecular complexity index is 1290. The van der Waals surface area contributed by atoms with Crippen LogP contribution in [0.1, 0.15) is 47.5 Å². The van der Waals surface area contributed by atoms with Crippen molar-refractivity contribution < 1.29 is 4.57 Å². The molecule has 4 aromatic rings. The van der Waals surface area contributed by atoms with Gasteiger partial charge in [0.2, 0.25) is 0 Å². The summed E-state index contributed by atoms with van der Waals surface area (Å²) in [5.74, 6) is 0. The van der Waals surface area contributed by atoms with Gasteiger partial charge in [0, 0.05) is 23.6 Å². The normalized spacial score (nSPS) is 14.8. The Labute approximate surface area is 161 Å². The summed E-state index contributed by atoms with van der Waals surface area (Å²) in [4.78, 5) is 0. The van der Waals surface area contributed by atoms with E-state index in [2.05, 4.69) is 93.8 Å². The number of rotatable bonds is 0. The fourth-order valence-electron chi connectivity index (χ4n) is 5.37. The van der Waals surface area contributed by atoms with Crippen molar-refractivity contribution in [2.45, 2.75) is 54.0 Å². The van der Waals surface area contributed by atoms with Gasteiger partial charge >= 0.3 is 0 Å². The number of hydrogen-bond donors (Lipinski definition) is 0. The third kappa shape index (κ3) is 1.79. The van der Waals surface area contributed by atoms with Crippen LogP contribution in [0.25, 0.3) is 27.7 Å². The maximum absolute atomic E-state index is 2.59. The molecular weight excluding hydrogens is 328 g/mol. The highest BCUT2D eigenvalue weighted by Crippen LogP contribution is 2.45. The van der Waals surface area contributed by atoms with Gasteiger partial charge in [-0.15, -0.1) is 0 Å². The topological polar surface area (TPSA) is 8.29 Å². The Morgan fingerprint density at radius 3 is 2.22 bits per heavy atom. The van der Waals surface area contributed by atoms with Crippen LogP contribution in [0.4, 0.5) is 0 Å². The minimum absolute atomic E-state index is 0.0933. The monoisotopic (exact) mass is 355 g/mol. The van der Waals surface area contributed by atoms with Gasteiger partial charge in [0.15, 0.2) is 11.4 Å². The van der Waals surface area contributed by atoms with Crippen LogP contribution in [0.2, 0.25) is 0 Å². The molecule has 2 aromatic carbocycles. The molecule has 1 aliphatic rings. The third-order valence-corrected chi connectivity index (χ3v) is 7.02. The number of fused-ring (bicyclic) bond motifs is 7. The second kappa shape index (κ2) is 5.01. The van der Waals surface area contributed by atoms with Crippen LogP contribution in [0, 0.1) is 34.6 Å². The van der Waals surface area contributed by atoms with E-state index in [0.29, 0.717) is 0 Å². The number of benzene rings is 2. The second-order valence-corrected chi connectivity index (χ2v) is 8.66. The zero-order valence-electron chi connectivity index (χ0n) is 17.4. The first kappa shape index (κ1) is 16.6. The molecule has 0 saturated carbocycles. The van der Waals surface area contributed by atoms with Gasteiger partial charge < -0.3 is 0 Å². The average Bonchev–Trinajstić information content (AvgIpc) is 3.09. The van der Waals surface area contributed by atoms with Gasteiger partial charge in [-0.1, -0.05) is 30.3 Å². The van der Waals surface area contributed by atoms with Gasteiger partial charge in [-0.25, -0.2) is 4.57 Å². The third-order valence-electron chi connectivity index (χ3n) is 7.02. The van der Waals surface area contributed by atoms with Crippen molar-refractivity contribution in [2.75, 3.05) is 0 Å². The van der Waals surface area contributed by atoms with Gasteiger partial charge in [0.05, 0.1) is 0 Å². The second-order valence-electron chi connectivity index (χ2n) is 8.66. The predicted octanol–water partition coefficient (Wildman–Crippen LogP) is 5.69. The van der Waals surface area contributed by atoms with Gasteiger partial charge in [-0.05, 0) is 69.5 Å². The van der Waals surface area contributed by atoms with Crippen LogP contribution in [0.15, 0.2) is 36.4 Å². The van der Waals surface area contributed by atoms with Crippen molar-refractivity contribution in [3.8, 4) is 11.3 Å². The van der Waals surface area contributed by atoms with Gasteiger partial charge in [-0.2, -0.15) is 4.40 Å². The van der Waals surface area contributed by atoms with Gasteiger partial charge in [-0.3, -0.25) is 0 Å². The summed E-state index contributed by atoms with van der Waals surface area (Å²) in [6.45, 7) is 16.1. The lowest BCUT2D eigenvalue weighted by Crippen LogP contribution is -2.50. The fourth-order valence-corrected chi connectivity index (χ4v) is 5.37. The quantitative estimate of drug-likeness (QED) is 0.358. The summed E-state index contributed by atoms with van der Waals surface area (Å²) >= 11 is 0. The Morgan fingerprint density at radius 2 is 1.48 bits per heavy atom. The molecule has 1 aliphatic heterocycles. The predicted molar refractivity (Wildman–Crippen MR) is 113 cm³/mol. The van der Waals surface area contributed by atoms with E-state index in [9.17, 15) is 0 Å². The fraction of sp³-hybridized carbons (Fsp3) is 0.320. The molecule has 2 heteroatoms. The van der Waals surface area contributed by atoms with Crippen molar-refractivity contribution in [1.82, 2.24) is 4.40 Å². The SMILES string of the molecule is Cc1c(C)c(C)n2c(C)c3[n+](c2c1C)C(C)(C)c1c-3ccc2ccccc12. The van der Waals surface area contributed by atoms with Crippen LogP contribution >= 0.6 is 0 Å². The zero-order chi connectivity index (χ0) is 19.2. The van der Waals surface area contributed by atoms with Crippen molar-refractivity contribution in [1.29, 1.82) is 0 Å². The molecule has 27 heavy (non-hydrogen) atoms. The van der Waals surface area contributed by atoms with E-state index < -0.39 is 0 Å². The minimum Gasteiger partial charge on any atom is -0.213 e. The first-order valence-corrected chi connectivity index (χ1v) is 9.83. The maximum Gasteiger partial charge on any atom is 0.291 e. The highest BCUT2D eigenvalue weighted by atomic mass is 15.2. The highest BCUT2D eigenvalue weighted by Gasteiger charge is 2.47. The number of aromatic nitrogens is 2. The minimum atomic E-state index is -0.0933. The lowest BCUT2D eigenvalue weighted by Gasteiger charge is -2.21. The number of hydrogen-bond acceptors (Lipinski definition) is 0. The molecular formula is C25H27N2+. The van der Waals surface area contributed by atoms with Crippen LogP contribution in [-0.4, -0.2) is 4.40 Å². The lowest BCUT2D eigenvalue weighted by atomic mass is 9.88. The molecule has 0 N–H and O–H groups in total. The largest absolute Gasteiger partial charge is 0.291 e. The maximum atomic E-state index is 2.59. The molecule has 0 fully saturated rings. The van der Waals surface area contributed by atoms with Crippen molar-refractivity contribution in [2.24, 2.45) is 0 Å². The van der Waals surface area contributed by atoms with Crippen molar-refractivity contribution in [3.05, 3.63) is 70.0 Å².